The molecule has 2 rings (SSSR count). The second kappa shape index (κ2) is 3.93. The van der Waals surface area contributed by atoms with Crippen molar-refractivity contribution >= 4 is 17.0 Å². The monoisotopic (exact) mass is 242 g/mol. The van der Waals surface area contributed by atoms with E-state index in [2.05, 4.69) is 4.98 Å². The SMILES string of the molecule is O=[N+]([O-])C=Cc1c[nH]c2c(F)c(F)c(F)cc12. The molecule has 0 aliphatic rings. The number of aromatic nitrogens is 1. The number of fused-ring (bicyclic) bond motifs is 1. The molecule has 0 amide bonds. The van der Waals surface area contributed by atoms with Crippen molar-refractivity contribution in [1.82, 2.24) is 4.98 Å². The summed E-state index contributed by atoms with van der Waals surface area (Å²) >= 11 is 0. The average molecular weight is 242 g/mol. The van der Waals surface area contributed by atoms with E-state index in [9.17, 15) is 23.3 Å². The van der Waals surface area contributed by atoms with Gasteiger partial charge in [-0.15, -0.1) is 0 Å². The molecule has 0 unspecified atom stereocenters. The Bertz CT molecular complexity index is 634. The van der Waals surface area contributed by atoms with Gasteiger partial charge in [0.2, 0.25) is 6.20 Å². The summed E-state index contributed by atoms with van der Waals surface area (Å²) in [6, 6.07) is 0.782. The van der Waals surface area contributed by atoms with Crippen LogP contribution in [-0.2, 0) is 0 Å². The van der Waals surface area contributed by atoms with E-state index in [1.165, 1.54) is 6.20 Å². The Kier molecular flexibility index (Phi) is 2.58. The Morgan fingerprint density at radius 2 is 2.00 bits per heavy atom. The molecule has 2 aromatic rings. The first-order valence-corrected chi connectivity index (χ1v) is 4.47. The number of aromatic amines is 1. The molecule has 1 aromatic heterocycles. The molecule has 0 saturated carbocycles. The molecular weight excluding hydrogens is 237 g/mol. The minimum atomic E-state index is -1.58. The van der Waals surface area contributed by atoms with Gasteiger partial charge in [0, 0.05) is 23.2 Å². The van der Waals surface area contributed by atoms with Crippen LogP contribution in [0.1, 0.15) is 5.56 Å². The largest absolute Gasteiger partial charge is 0.358 e. The Labute approximate surface area is 92.5 Å². The molecule has 4 nitrogen and oxygen atoms in total. The first-order chi connectivity index (χ1) is 8.00. The van der Waals surface area contributed by atoms with Crippen molar-refractivity contribution in [3.8, 4) is 0 Å². The number of halogens is 3. The molecule has 7 heteroatoms. The van der Waals surface area contributed by atoms with Gasteiger partial charge in [-0.1, -0.05) is 0 Å². The summed E-state index contributed by atoms with van der Waals surface area (Å²) in [5.41, 5.74) is -0.0265. The second-order valence-electron chi connectivity index (χ2n) is 3.25. The average Bonchev–Trinajstić information content (AvgIpc) is 2.66. The molecular formula is C10H5F3N2O2. The van der Waals surface area contributed by atoms with E-state index >= 15 is 0 Å². The summed E-state index contributed by atoms with van der Waals surface area (Å²) in [5, 5.41) is 10.2. The Morgan fingerprint density at radius 1 is 1.29 bits per heavy atom. The van der Waals surface area contributed by atoms with Gasteiger partial charge in [0.05, 0.1) is 10.4 Å². The molecule has 0 aliphatic carbocycles. The fourth-order valence-corrected chi connectivity index (χ4v) is 1.47. The summed E-state index contributed by atoms with van der Waals surface area (Å²) < 4.78 is 39.1. The highest BCUT2D eigenvalue weighted by molar-refractivity contribution is 5.89. The summed E-state index contributed by atoms with van der Waals surface area (Å²) in [5.74, 6) is -4.27. The van der Waals surface area contributed by atoms with Crippen molar-refractivity contribution in [3.63, 3.8) is 0 Å². The lowest BCUT2D eigenvalue weighted by Gasteiger charge is -1.97. The summed E-state index contributed by atoms with van der Waals surface area (Å²) in [6.45, 7) is 0. The van der Waals surface area contributed by atoms with E-state index in [4.69, 9.17) is 0 Å². The second-order valence-corrected chi connectivity index (χ2v) is 3.25. The maximum atomic E-state index is 13.3. The van der Waals surface area contributed by atoms with Gasteiger partial charge < -0.3 is 4.98 Å². The zero-order chi connectivity index (χ0) is 12.6. The van der Waals surface area contributed by atoms with Gasteiger partial charge in [-0.25, -0.2) is 13.2 Å². The topological polar surface area (TPSA) is 58.9 Å². The molecule has 88 valence electrons. The molecule has 0 bridgehead atoms. The molecule has 17 heavy (non-hydrogen) atoms. The lowest BCUT2D eigenvalue weighted by molar-refractivity contribution is -0.400. The van der Waals surface area contributed by atoms with Crippen LogP contribution >= 0.6 is 0 Å². The first-order valence-electron chi connectivity index (χ1n) is 4.47. The highest BCUT2D eigenvalue weighted by Crippen LogP contribution is 2.25. The molecule has 0 aliphatic heterocycles. The molecule has 0 spiro atoms. The molecule has 1 N–H and O–H groups in total. The number of rotatable bonds is 2. The van der Waals surface area contributed by atoms with Gasteiger partial charge in [0.1, 0.15) is 0 Å². The fourth-order valence-electron chi connectivity index (χ4n) is 1.47. The van der Waals surface area contributed by atoms with E-state index in [0.717, 1.165) is 12.1 Å². The summed E-state index contributed by atoms with van der Waals surface area (Å²) in [7, 11) is 0. The Morgan fingerprint density at radius 3 is 2.65 bits per heavy atom. The van der Waals surface area contributed by atoms with Crippen LogP contribution < -0.4 is 0 Å². The van der Waals surface area contributed by atoms with E-state index in [1.54, 1.807) is 0 Å². The third-order valence-electron chi connectivity index (χ3n) is 2.22. The van der Waals surface area contributed by atoms with Crippen molar-refractivity contribution < 1.29 is 18.1 Å². The predicted octanol–water partition coefficient (Wildman–Crippen LogP) is 2.83. The zero-order valence-corrected chi connectivity index (χ0v) is 8.21. The molecule has 1 aromatic carbocycles. The standard InChI is InChI=1S/C10H5F3N2O2/c11-7-3-6-5(1-2-15(16)17)4-14-10(6)9(13)8(7)12/h1-4,14H. The van der Waals surface area contributed by atoms with Crippen LogP contribution in [0.4, 0.5) is 13.2 Å². The fraction of sp³-hybridized carbons (Fsp3) is 0. The minimum Gasteiger partial charge on any atom is -0.358 e. The van der Waals surface area contributed by atoms with Crippen LogP contribution in [0.3, 0.4) is 0 Å². The number of nitro groups is 1. The number of benzene rings is 1. The third kappa shape index (κ3) is 1.86. The van der Waals surface area contributed by atoms with Gasteiger partial charge in [-0.3, -0.25) is 10.1 Å². The highest BCUT2D eigenvalue weighted by atomic mass is 19.2. The van der Waals surface area contributed by atoms with Gasteiger partial charge in [0.15, 0.2) is 17.5 Å². The van der Waals surface area contributed by atoms with Gasteiger partial charge >= 0.3 is 0 Å². The van der Waals surface area contributed by atoms with E-state index < -0.39 is 22.4 Å². The lowest BCUT2D eigenvalue weighted by Crippen LogP contribution is -1.91. The van der Waals surface area contributed by atoms with Crippen LogP contribution in [0.5, 0.6) is 0 Å². The zero-order valence-electron chi connectivity index (χ0n) is 8.21. The van der Waals surface area contributed by atoms with Crippen molar-refractivity contribution in [2.24, 2.45) is 0 Å². The Hall–Kier alpha value is -2.31. The Balaban J connectivity index is 2.65. The quantitative estimate of drug-likeness (QED) is 0.500. The molecule has 0 atom stereocenters. The van der Waals surface area contributed by atoms with Gasteiger partial charge in [-0.05, 0) is 6.07 Å². The maximum absolute atomic E-state index is 13.3. The van der Waals surface area contributed by atoms with E-state index in [1.807, 2.05) is 0 Å². The highest BCUT2D eigenvalue weighted by Gasteiger charge is 2.16. The molecule has 1 heterocycles. The molecule has 0 saturated heterocycles. The molecule has 0 fully saturated rings. The van der Waals surface area contributed by atoms with Crippen molar-refractivity contribution in [2.75, 3.05) is 0 Å². The minimum absolute atomic E-state index is 0.0412. The predicted molar refractivity (Wildman–Crippen MR) is 54.2 cm³/mol. The van der Waals surface area contributed by atoms with Gasteiger partial charge in [-0.2, -0.15) is 0 Å². The van der Waals surface area contributed by atoms with Crippen LogP contribution in [0.15, 0.2) is 18.5 Å². The lowest BCUT2D eigenvalue weighted by atomic mass is 10.1. The van der Waals surface area contributed by atoms with Crippen LogP contribution in [0.2, 0.25) is 0 Å². The van der Waals surface area contributed by atoms with Crippen molar-refractivity contribution in [2.45, 2.75) is 0 Å². The number of hydrogen-bond donors (Lipinski definition) is 1. The van der Waals surface area contributed by atoms with Crippen LogP contribution in [-0.4, -0.2) is 9.91 Å². The van der Waals surface area contributed by atoms with Crippen molar-refractivity contribution in [1.29, 1.82) is 0 Å². The van der Waals surface area contributed by atoms with E-state index in [0.29, 0.717) is 6.20 Å². The summed E-state index contributed by atoms with van der Waals surface area (Å²) in [4.78, 5) is 11.8. The number of nitrogens with one attached hydrogen (secondary N) is 1. The van der Waals surface area contributed by atoms with Crippen molar-refractivity contribution in [3.05, 3.63) is 51.6 Å². The van der Waals surface area contributed by atoms with E-state index in [-0.39, 0.29) is 16.5 Å². The smallest absolute Gasteiger partial charge is 0.235 e. The number of H-pyrrole nitrogens is 1. The number of nitrogens with zero attached hydrogens (tertiary/aromatic N) is 1. The van der Waals surface area contributed by atoms with Crippen LogP contribution in [0, 0.1) is 27.6 Å². The third-order valence-corrected chi connectivity index (χ3v) is 2.22. The summed E-state index contributed by atoms with van der Waals surface area (Å²) in [6.07, 6.45) is 2.92. The van der Waals surface area contributed by atoms with Crippen LogP contribution in [0.25, 0.3) is 17.0 Å². The van der Waals surface area contributed by atoms with Gasteiger partial charge in [0.25, 0.3) is 0 Å². The first kappa shape index (κ1) is 11.2. The number of hydrogen-bond acceptors (Lipinski definition) is 2. The molecule has 0 radical (unpaired) electrons. The maximum Gasteiger partial charge on any atom is 0.235 e. The normalized spacial score (nSPS) is 11.5.